The molecule has 3 rings (SSSR count). The molecule has 0 aromatic heterocycles. The van der Waals surface area contributed by atoms with Crippen LogP contribution in [0.1, 0.15) is 43.0 Å². The Morgan fingerprint density at radius 3 is 2.52 bits per heavy atom. The Hall–Kier alpha value is -1.15. The maximum atomic E-state index is 12.8. The highest BCUT2D eigenvalue weighted by Gasteiger charge is 2.31. The highest BCUT2D eigenvalue weighted by atomic mass is 35.5. The van der Waals surface area contributed by atoms with Crippen LogP contribution in [0.2, 0.25) is 0 Å². The molecule has 8 heteroatoms. The molecule has 1 aromatic rings. The minimum atomic E-state index is -3.48. The van der Waals surface area contributed by atoms with E-state index < -0.39 is 10.0 Å². The highest BCUT2D eigenvalue weighted by Crippen LogP contribution is 2.25. The molecule has 2 fully saturated rings. The van der Waals surface area contributed by atoms with E-state index in [1.165, 1.54) is 0 Å². The third-order valence-electron chi connectivity index (χ3n) is 4.86. The first-order chi connectivity index (χ1) is 11.5. The summed E-state index contributed by atoms with van der Waals surface area (Å²) in [5, 5.41) is 6.16. The standard InChI is InChI=1S/C17H25N3O3S.ClH/c1-13-4-2-3-11-20(13)24(22,23)16-7-5-14(6-8-16)17(21)19-15-9-10-18-12-15;/h5-8,13,15,18H,2-4,9-12H2,1H3,(H,19,21);1H. The van der Waals surface area contributed by atoms with Crippen LogP contribution < -0.4 is 10.6 Å². The third-order valence-corrected chi connectivity index (χ3v) is 6.89. The molecule has 0 saturated carbocycles. The smallest absolute Gasteiger partial charge is 0.251 e. The maximum absolute atomic E-state index is 12.8. The van der Waals surface area contributed by atoms with Crippen LogP contribution >= 0.6 is 12.4 Å². The summed E-state index contributed by atoms with van der Waals surface area (Å²) in [7, 11) is -3.48. The van der Waals surface area contributed by atoms with Gasteiger partial charge in [-0.05, 0) is 57.0 Å². The highest BCUT2D eigenvalue weighted by molar-refractivity contribution is 7.89. The average Bonchev–Trinajstić information content (AvgIpc) is 3.08. The zero-order valence-electron chi connectivity index (χ0n) is 14.4. The van der Waals surface area contributed by atoms with Gasteiger partial charge in [0.25, 0.3) is 5.91 Å². The summed E-state index contributed by atoms with van der Waals surface area (Å²) in [6, 6.07) is 6.45. The number of sulfonamides is 1. The van der Waals surface area contributed by atoms with E-state index in [1.807, 2.05) is 6.92 Å². The van der Waals surface area contributed by atoms with E-state index in [0.29, 0.717) is 12.1 Å². The Kier molecular flexibility index (Phi) is 6.85. The number of halogens is 1. The molecule has 1 aromatic carbocycles. The first-order valence-corrected chi connectivity index (χ1v) is 10.1. The summed E-state index contributed by atoms with van der Waals surface area (Å²) in [6.45, 7) is 4.22. The van der Waals surface area contributed by atoms with Crippen molar-refractivity contribution in [3.63, 3.8) is 0 Å². The Morgan fingerprint density at radius 1 is 1.20 bits per heavy atom. The molecule has 2 aliphatic rings. The molecule has 2 N–H and O–H groups in total. The van der Waals surface area contributed by atoms with Crippen LogP contribution in [0.4, 0.5) is 0 Å². The topological polar surface area (TPSA) is 78.5 Å². The van der Waals surface area contributed by atoms with Gasteiger partial charge in [-0.15, -0.1) is 12.4 Å². The lowest BCUT2D eigenvalue weighted by atomic mass is 10.1. The van der Waals surface area contributed by atoms with Gasteiger partial charge in [0.2, 0.25) is 10.0 Å². The molecule has 2 atom stereocenters. The molecule has 1 amide bonds. The number of carbonyl (C=O) groups is 1. The number of carbonyl (C=O) groups excluding carboxylic acids is 1. The van der Waals surface area contributed by atoms with Gasteiger partial charge in [-0.2, -0.15) is 4.31 Å². The fraction of sp³-hybridized carbons (Fsp3) is 0.588. The summed E-state index contributed by atoms with van der Waals surface area (Å²) in [5.41, 5.74) is 0.493. The van der Waals surface area contributed by atoms with Gasteiger partial charge >= 0.3 is 0 Å². The van der Waals surface area contributed by atoms with E-state index in [2.05, 4.69) is 10.6 Å². The lowest BCUT2D eigenvalue weighted by molar-refractivity contribution is 0.0940. The summed E-state index contributed by atoms with van der Waals surface area (Å²) < 4.78 is 27.1. The zero-order valence-corrected chi connectivity index (χ0v) is 16.0. The van der Waals surface area contributed by atoms with Crippen LogP contribution in [0.25, 0.3) is 0 Å². The van der Waals surface area contributed by atoms with Crippen molar-refractivity contribution in [3.05, 3.63) is 29.8 Å². The van der Waals surface area contributed by atoms with Crippen molar-refractivity contribution in [1.82, 2.24) is 14.9 Å². The molecule has 2 heterocycles. The van der Waals surface area contributed by atoms with Crippen LogP contribution in [0.3, 0.4) is 0 Å². The first kappa shape index (κ1) is 20.2. The third kappa shape index (κ3) is 4.53. The van der Waals surface area contributed by atoms with Crippen molar-refractivity contribution in [2.75, 3.05) is 19.6 Å². The normalized spacial score (nSPS) is 24.5. The average molecular weight is 388 g/mol. The number of nitrogens with one attached hydrogen (secondary N) is 2. The molecule has 25 heavy (non-hydrogen) atoms. The summed E-state index contributed by atoms with van der Waals surface area (Å²) in [4.78, 5) is 12.5. The van der Waals surface area contributed by atoms with Crippen LogP contribution in [0.15, 0.2) is 29.2 Å². The van der Waals surface area contributed by atoms with Crippen molar-refractivity contribution in [3.8, 4) is 0 Å². The molecule has 2 saturated heterocycles. The van der Waals surface area contributed by atoms with Crippen LogP contribution in [0.5, 0.6) is 0 Å². The molecule has 0 bridgehead atoms. The lowest BCUT2D eigenvalue weighted by Crippen LogP contribution is -2.41. The number of nitrogens with zero attached hydrogens (tertiary/aromatic N) is 1. The Balaban J connectivity index is 0.00000225. The fourth-order valence-electron chi connectivity index (χ4n) is 3.39. The second-order valence-corrected chi connectivity index (χ2v) is 8.54. The molecular formula is C17H26ClN3O3S. The van der Waals surface area contributed by atoms with Gasteiger partial charge < -0.3 is 10.6 Å². The molecule has 6 nitrogen and oxygen atoms in total. The number of amides is 1. The monoisotopic (exact) mass is 387 g/mol. The van der Waals surface area contributed by atoms with Gasteiger partial charge in [0.15, 0.2) is 0 Å². The van der Waals surface area contributed by atoms with Gasteiger partial charge in [-0.3, -0.25) is 4.79 Å². The summed E-state index contributed by atoms with van der Waals surface area (Å²) >= 11 is 0. The molecule has 0 radical (unpaired) electrons. The predicted molar refractivity (Wildman–Crippen MR) is 99.6 cm³/mol. The van der Waals surface area contributed by atoms with E-state index in [1.54, 1.807) is 28.6 Å². The van der Waals surface area contributed by atoms with Gasteiger partial charge in [0.05, 0.1) is 4.90 Å². The quantitative estimate of drug-likeness (QED) is 0.825. The minimum Gasteiger partial charge on any atom is -0.348 e. The number of hydrogen-bond acceptors (Lipinski definition) is 4. The molecule has 2 aliphatic heterocycles. The van der Waals surface area contributed by atoms with Gasteiger partial charge in [-0.1, -0.05) is 6.42 Å². The largest absolute Gasteiger partial charge is 0.348 e. The van der Waals surface area contributed by atoms with Crippen LogP contribution in [-0.2, 0) is 10.0 Å². The molecule has 0 spiro atoms. The maximum Gasteiger partial charge on any atom is 0.251 e. The second kappa shape index (κ2) is 8.49. The van der Waals surface area contributed by atoms with E-state index in [4.69, 9.17) is 0 Å². The first-order valence-electron chi connectivity index (χ1n) is 8.62. The van der Waals surface area contributed by atoms with E-state index in [-0.39, 0.29) is 35.3 Å². The molecular weight excluding hydrogens is 362 g/mol. The summed E-state index contributed by atoms with van der Waals surface area (Å²) in [5.74, 6) is -0.154. The fourth-order valence-corrected chi connectivity index (χ4v) is 5.09. The van der Waals surface area contributed by atoms with Crippen molar-refractivity contribution in [2.24, 2.45) is 0 Å². The Bertz CT molecular complexity index is 688. The number of hydrogen-bond donors (Lipinski definition) is 2. The van der Waals surface area contributed by atoms with E-state index in [9.17, 15) is 13.2 Å². The van der Waals surface area contributed by atoms with Crippen molar-refractivity contribution < 1.29 is 13.2 Å². The molecule has 140 valence electrons. The van der Waals surface area contributed by atoms with Crippen LogP contribution in [0, 0.1) is 0 Å². The summed E-state index contributed by atoms with van der Waals surface area (Å²) in [6.07, 6.45) is 3.79. The minimum absolute atomic E-state index is 0. The number of benzene rings is 1. The Labute approximate surface area is 155 Å². The lowest BCUT2D eigenvalue weighted by Gasteiger charge is -2.32. The van der Waals surface area contributed by atoms with Crippen LogP contribution in [-0.4, -0.2) is 50.3 Å². The van der Waals surface area contributed by atoms with Crippen molar-refractivity contribution in [1.29, 1.82) is 0 Å². The van der Waals surface area contributed by atoms with Crippen molar-refractivity contribution >= 4 is 28.3 Å². The SMILES string of the molecule is CC1CCCCN1S(=O)(=O)c1ccc(C(=O)NC2CCNC2)cc1.Cl. The molecule has 2 unspecified atom stereocenters. The molecule has 0 aliphatic carbocycles. The number of piperidine rings is 1. The predicted octanol–water partition coefficient (Wildman–Crippen LogP) is 1.76. The van der Waals surface area contributed by atoms with Gasteiger partial charge in [-0.25, -0.2) is 8.42 Å². The van der Waals surface area contributed by atoms with Crippen molar-refractivity contribution in [2.45, 2.75) is 49.6 Å². The zero-order chi connectivity index (χ0) is 17.2. The van der Waals surface area contributed by atoms with E-state index in [0.717, 1.165) is 38.8 Å². The van der Waals surface area contributed by atoms with E-state index >= 15 is 0 Å². The van der Waals surface area contributed by atoms with Gasteiger partial charge in [0, 0.05) is 30.7 Å². The number of rotatable bonds is 4. The second-order valence-electron chi connectivity index (χ2n) is 6.65. The Morgan fingerprint density at radius 2 is 1.92 bits per heavy atom. The van der Waals surface area contributed by atoms with Gasteiger partial charge in [0.1, 0.15) is 0 Å².